The molecular weight excluding hydrogens is 352 g/mol. The molecule has 0 bridgehead atoms. The Morgan fingerprint density at radius 2 is 1.61 bits per heavy atom. The summed E-state index contributed by atoms with van der Waals surface area (Å²) < 4.78 is 10.6. The summed E-state index contributed by atoms with van der Waals surface area (Å²) in [5.41, 5.74) is 3.46. The fourth-order valence-electron chi connectivity index (χ4n) is 3.56. The van der Waals surface area contributed by atoms with Gasteiger partial charge in [-0.3, -0.25) is 4.79 Å². The van der Waals surface area contributed by atoms with Crippen LogP contribution in [0, 0.1) is 0 Å². The van der Waals surface area contributed by atoms with Gasteiger partial charge in [-0.25, -0.2) is 0 Å². The molecule has 1 amide bonds. The number of carbonyl (C=O) groups excluding carboxylic acids is 1. The maximum Gasteiger partial charge on any atom is 0.220 e. The summed E-state index contributed by atoms with van der Waals surface area (Å²) in [6.07, 6.45) is 5.00. The van der Waals surface area contributed by atoms with Crippen molar-refractivity contribution in [2.24, 2.45) is 0 Å². The molecule has 0 spiro atoms. The van der Waals surface area contributed by atoms with E-state index in [9.17, 15) is 4.79 Å². The Labute approximate surface area is 167 Å². The minimum Gasteiger partial charge on any atom is -0.493 e. The molecule has 28 heavy (non-hydrogen) atoms. The molecule has 150 valence electrons. The second-order valence-corrected chi connectivity index (χ2v) is 7.18. The van der Waals surface area contributed by atoms with Crippen LogP contribution < -0.4 is 19.7 Å². The van der Waals surface area contributed by atoms with Crippen molar-refractivity contribution < 1.29 is 14.3 Å². The number of anilines is 1. The van der Waals surface area contributed by atoms with E-state index in [4.69, 9.17) is 9.47 Å². The van der Waals surface area contributed by atoms with Crippen molar-refractivity contribution in [1.82, 2.24) is 5.32 Å². The average Bonchev–Trinajstić information content (AvgIpc) is 2.77. The van der Waals surface area contributed by atoms with Crippen molar-refractivity contribution in [3.8, 4) is 11.5 Å². The third-order valence-electron chi connectivity index (χ3n) is 5.24. The predicted molar refractivity (Wildman–Crippen MR) is 112 cm³/mol. The lowest BCUT2D eigenvalue weighted by Gasteiger charge is -2.28. The monoisotopic (exact) mass is 382 g/mol. The second-order valence-electron chi connectivity index (χ2n) is 7.18. The number of carbonyl (C=O) groups is 1. The zero-order chi connectivity index (χ0) is 19.8. The van der Waals surface area contributed by atoms with Crippen molar-refractivity contribution in [3.63, 3.8) is 0 Å². The normalized spacial score (nSPS) is 13.9. The first-order valence-electron chi connectivity index (χ1n) is 10.0. The third kappa shape index (κ3) is 5.41. The number of benzene rings is 2. The number of hydrogen-bond donors (Lipinski definition) is 1. The standard InChI is InChI=1S/C23H30N2O3/c1-27-21-12-8-18(16-22(21)28-2)9-13-23(26)24-17-19-6-10-20(11-7-19)25-14-4-3-5-15-25/h6-8,10-12,16H,3-5,9,13-15,17H2,1-2H3,(H,24,26). The van der Waals surface area contributed by atoms with E-state index in [1.807, 2.05) is 18.2 Å². The van der Waals surface area contributed by atoms with Gasteiger partial charge in [0.2, 0.25) is 5.91 Å². The molecule has 3 rings (SSSR count). The van der Waals surface area contributed by atoms with Crippen molar-refractivity contribution in [2.75, 3.05) is 32.2 Å². The third-order valence-corrected chi connectivity index (χ3v) is 5.24. The zero-order valence-corrected chi connectivity index (χ0v) is 16.9. The lowest BCUT2D eigenvalue weighted by molar-refractivity contribution is -0.121. The smallest absolute Gasteiger partial charge is 0.220 e. The van der Waals surface area contributed by atoms with Gasteiger partial charge in [-0.05, 0) is 61.1 Å². The van der Waals surface area contributed by atoms with Crippen LogP contribution in [0.25, 0.3) is 0 Å². The Balaban J connectivity index is 1.45. The number of rotatable bonds is 8. The molecule has 5 heteroatoms. The van der Waals surface area contributed by atoms with E-state index >= 15 is 0 Å². The summed E-state index contributed by atoms with van der Waals surface area (Å²) in [6.45, 7) is 2.85. The summed E-state index contributed by atoms with van der Waals surface area (Å²) in [7, 11) is 3.23. The number of ether oxygens (including phenoxy) is 2. The Hall–Kier alpha value is -2.69. The van der Waals surface area contributed by atoms with Crippen molar-refractivity contribution >= 4 is 11.6 Å². The number of nitrogens with one attached hydrogen (secondary N) is 1. The summed E-state index contributed by atoms with van der Waals surface area (Å²) >= 11 is 0. The molecule has 2 aromatic rings. The van der Waals surface area contributed by atoms with Gasteiger partial charge in [0.05, 0.1) is 14.2 Å². The Morgan fingerprint density at radius 3 is 2.29 bits per heavy atom. The molecule has 1 N–H and O–H groups in total. The average molecular weight is 383 g/mol. The van der Waals surface area contributed by atoms with Crippen LogP contribution in [0.4, 0.5) is 5.69 Å². The quantitative estimate of drug-likeness (QED) is 0.751. The predicted octanol–water partition coefficient (Wildman–Crippen LogP) is 3.94. The first kappa shape index (κ1) is 20.1. The fourth-order valence-corrected chi connectivity index (χ4v) is 3.56. The minimum atomic E-state index is 0.0508. The molecule has 0 atom stereocenters. The van der Waals surface area contributed by atoms with Gasteiger partial charge in [-0.15, -0.1) is 0 Å². The topological polar surface area (TPSA) is 50.8 Å². The van der Waals surface area contributed by atoms with Crippen LogP contribution in [-0.2, 0) is 17.8 Å². The summed E-state index contributed by atoms with van der Waals surface area (Å²) in [5.74, 6) is 1.44. The van der Waals surface area contributed by atoms with Crippen LogP contribution in [0.15, 0.2) is 42.5 Å². The van der Waals surface area contributed by atoms with Crippen LogP contribution in [0.1, 0.15) is 36.8 Å². The van der Waals surface area contributed by atoms with Gasteiger partial charge in [-0.1, -0.05) is 18.2 Å². The molecule has 0 radical (unpaired) electrons. The molecule has 5 nitrogen and oxygen atoms in total. The molecule has 0 aromatic heterocycles. The second kappa shape index (κ2) is 10.0. The van der Waals surface area contributed by atoms with Gasteiger partial charge in [0.1, 0.15) is 0 Å². The number of aryl methyl sites for hydroxylation is 1. The maximum absolute atomic E-state index is 12.2. The molecule has 1 heterocycles. The summed E-state index contributed by atoms with van der Waals surface area (Å²) in [6, 6.07) is 14.3. The van der Waals surface area contributed by atoms with E-state index < -0.39 is 0 Å². The van der Waals surface area contributed by atoms with E-state index in [1.54, 1.807) is 14.2 Å². The highest BCUT2D eigenvalue weighted by molar-refractivity contribution is 5.76. The molecule has 1 saturated heterocycles. The highest BCUT2D eigenvalue weighted by Crippen LogP contribution is 2.28. The van der Waals surface area contributed by atoms with Gasteiger partial charge in [0.25, 0.3) is 0 Å². The van der Waals surface area contributed by atoms with Gasteiger partial charge in [-0.2, -0.15) is 0 Å². The molecule has 1 aliphatic heterocycles. The van der Waals surface area contributed by atoms with E-state index in [0.29, 0.717) is 30.9 Å². The maximum atomic E-state index is 12.2. The largest absolute Gasteiger partial charge is 0.493 e. The SMILES string of the molecule is COc1ccc(CCC(=O)NCc2ccc(N3CCCCC3)cc2)cc1OC. The molecule has 1 fully saturated rings. The number of methoxy groups -OCH3 is 2. The Kier molecular flexibility index (Phi) is 7.18. The van der Waals surface area contributed by atoms with Crippen LogP contribution in [-0.4, -0.2) is 33.2 Å². The fraction of sp³-hybridized carbons (Fsp3) is 0.435. The number of hydrogen-bond acceptors (Lipinski definition) is 4. The van der Waals surface area contributed by atoms with Gasteiger partial charge in [0.15, 0.2) is 11.5 Å². The highest BCUT2D eigenvalue weighted by Gasteiger charge is 2.11. The van der Waals surface area contributed by atoms with Crippen molar-refractivity contribution in [1.29, 1.82) is 0 Å². The summed E-state index contributed by atoms with van der Waals surface area (Å²) in [4.78, 5) is 14.6. The van der Waals surface area contributed by atoms with E-state index in [2.05, 4.69) is 34.5 Å². The molecule has 1 aliphatic rings. The molecule has 2 aromatic carbocycles. The van der Waals surface area contributed by atoms with Gasteiger partial charge in [0, 0.05) is 31.7 Å². The van der Waals surface area contributed by atoms with Crippen molar-refractivity contribution in [2.45, 2.75) is 38.6 Å². The molecule has 0 aliphatic carbocycles. The van der Waals surface area contributed by atoms with Crippen LogP contribution >= 0.6 is 0 Å². The van der Waals surface area contributed by atoms with E-state index in [-0.39, 0.29) is 5.91 Å². The lowest BCUT2D eigenvalue weighted by Crippen LogP contribution is -2.29. The van der Waals surface area contributed by atoms with Crippen LogP contribution in [0.3, 0.4) is 0 Å². The number of piperidine rings is 1. The van der Waals surface area contributed by atoms with Crippen molar-refractivity contribution in [3.05, 3.63) is 53.6 Å². The summed E-state index contributed by atoms with van der Waals surface area (Å²) in [5, 5.41) is 3.01. The zero-order valence-electron chi connectivity index (χ0n) is 16.9. The van der Waals surface area contributed by atoms with Gasteiger partial charge >= 0.3 is 0 Å². The van der Waals surface area contributed by atoms with Crippen LogP contribution in [0.2, 0.25) is 0 Å². The first-order valence-corrected chi connectivity index (χ1v) is 10.0. The molecule has 0 unspecified atom stereocenters. The highest BCUT2D eigenvalue weighted by atomic mass is 16.5. The lowest BCUT2D eigenvalue weighted by atomic mass is 10.1. The van der Waals surface area contributed by atoms with E-state index in [0.717, 1.165) is 24.2 Å². The molecule has 0 saturated carbocycles. The van der Waals surface area contributed by atoms with E-state index in [1.165, 1.54) is 24.9 Å². The Morgan fingerprint density at radius 1 is 0.929 bits per heavy atom. The first-order chi connectivity index (χ1) is 13.7. The Bertz CT molecular complexity index is 768. The molecular formula is C23H30N2O3. The number of nitrogens with zero attached hydrogens (tertiary/aromatic N) is 1. The minimum absolute atomic E-state index is 0.0508. The van der Waals surface area contributed by atoms with Gasteiger partial charge < -0.3 is 19.7 Å². The van der Waals surface area contributed by atoms with Crippen LogP contribution in [0.5, 0.6) is 11.5 Å². The number of amides is 1.